The summed E-state index contributed by atoms with van der Waals surface area (Å²) in [6.07, 6.45) is 4.58. The molecule has 5 heteroatoms. The van der Waals surface area contributed by atoms with Crippen LogP contribution in [-0.2, 0) is 4.74 Å². The van der Waals surface area contributed by atoms with Crippen molar-refractivity contribution in [3.63, 3.8) is 0 Å². The SMILES string of the molecule is CC(C)(C)OC(=O)NC(CNC1CCCNC1)C1CC1. The first-order chi connectivity index (χ1) is 9.44. The minimum absolute atomic E-state index is 0.201. The molecule has 0 radical (unpaired) electrons. The molecule has 0 aromatic heterocycles. The van der Waals surface area contributed by atoms with Crippen LogP contribution in [0.3, 0.4) is 0 Å². The smallest absolute Gasteiger partial charge is 0.407 e. The molecule has 2 rings (SSSR count). The van der Waals surface area contributed by atoms with Crippen molar-refractivity contribution >= 4 is 6.09 Å². The average molecular weight is 283 g/mol. The standard InChI is InChI=1S/C15H29N3O2/c1-15(2,3)20-14(19)18-13(11-6-7-11)10-17-12-5-4-8-16-9-12/h11-13,16-17H,4-10H2,1-3H3,(H,18,19). The van der Waals surface area contributed by atoms with Crippen molar-refractivity contribution in [3.8, 4) is 0 Å². The summed E-state index contributed by atoms with van der Waals surface area (Å²) in [7, 11) is 0. The number of carbonyl (C=O) groups excluding carboxylic acids is 1. The molecule has 1 aliphatic heterocycles. The van der Waals surface area contributed by atoms with E-state index in [0.717, 1.165) is 19.6 Å². The molecule has 0 bridgehead atoms. The van der Waals surface area contributed by atoms with Gasteiger partial charge in [-0.25, -0.2) is 4.79 Å². The molecular weight excluding hydrogens is 254 g/mol. The summed E-state index contributed by atoms with van der Waals surface area (Å²) >= 11 is 0. The number of nitrogens with one attached hydrogen (secondary N) is 3. The molecule has 5 nitrogen and oxygen atoms in total. The Balaban J connectivity index is 1.74. The third-order valence-corrected chi connectivity index (χ3v) is 3.82. The van der Waals surface area contributed by atoms with Crippen molar-refractivity contribution in [2.45, 2.75) is 64.1 Å². The molecule has 0 aromatic carbocycles. The zero-order valence-corrected chi connectivity index (χ0v) is 13.0. The van der Waals surface area contributed by atoms with Crippen LogP contribution in [0.15, 0.2) is 0 Å². The van der Waals surface area contributed by atoms with E-state index in [1.165, 1.54) is 25.7 Å². The van der Waals surface area contributed by atoms with Gasteiger partial charge in [-0.2, -0.15) is 0 Å². The van der Waals surface area contributed by atoms with Gasteiger partial charge in [0.05, 0.1) is 0 Å². The second-order valence-corrected chi connectivity index (χ2v) is 7.04. The van der Waals surface area contributed by atoms with E-state index >= 15 is 0 Å². The summed E-state index contributed by atoms with van der Waals surface area (Å²) in [6.45, 7) is 8.68. The lowest BCUT2D eigenvalue weighted by Crippen LogP contribution is -2.50. The molecule has 1 amide bonds. The van der Waals surface area contributed by atoms with E-state index in [0.29, 0.717) is 12.0 Å². The maximum atomic E-state index is 11.9. The third kappa shape index (κ3) is 5.67. The lowest BCUT2D eigenvalue weighted by atomic mass is 10.1. The van der Waals surface area contributed by atoms with E-state index in [2.05, 4.69) is 16.0 Å². The van der Waals surface area contributed by atoms with Gasteiger partial charge < -0.3 is 20.7 Å². The first-order valence-electron chi connectivity index (χ1n) is 7.87. The number of hydrogen-bond donors (Lipinski definition) is 3. The molecule has 1 saturated heterocycles. The van der Waals surface area contributed by atoms with Crippen LogP contribution in [0.1, 0.15) is 46.5 Å². The van der Waals surface area contributed by atoms with Gasteiger partial charge in [0, 0.05) is 25.2 Å². The molecule has 0 spiro atoms. The molecule has 1 saturated carbocycles. The number of ether oxygens (including phenoxy) is 1. The average Bonchev–Trinajstić information content (AvgIpc) is 3.17. The van der Waals surface area contributed by atoms with E-state index in [-0.39, 0.29) is 12.1 Å². The maximum absolute atomic E-state index is 11.9. The number of carbonyl (C=O) groups is 1. The summed E-state index contributed by atoms with van der Waals surface area (Å²) < 4.78 is 5.35. The molecule has 116 valence electrons. The van der Waals surface area contributed by atoms with Gasteiger partial charge >= 0.3 is 6.09 Å². The number of hydrogen-bond acceptors (Lipinski definition) is 4. The fourth-order valence-electron chi connectivity index (χ4n) is 2.61. The van der Waals surface area contributed by atoms with Crippen LogP contribution >= 0.6 is 0 Å². The van der Waals surface area contributed by atoms with E-state index in [9.17, 15) is 4.79 Å². The molecule has 20 heavy (non-hydrogen) atoms. The highest BCUT2D eigenvalue weighted by atomic mass is 16.6. The number of rotatable bonds is 5. The number of amides is 1. The van der Waals surface area contributed by atoms with Crippen LogP contribution in [0, 0.1) is 5.92 Å². The predicted octanol–water partition coefficient (Wildman–Crippen LogP) is 1.63. The van der Waals surface area contributed by atoms with Gasteiger partial charge in [0.1, 0.15) is 5.60 Å². The van der Waals surface area contributed by atoms with Crippen LogP contribution in [-0.4, -0.2) is 43.4 Å². The van der Waals surface area contributed by atoms with Crippen LogP contribution in [0.25, 0.3) is 0 Å². The van der Waals surface area contributed by atoms with Crippen LogP contribution in [0.4, 0.5) is 4.79 Å². The third-order valence-electron chi connectivity index (χ3n) is 3.82. The van der Waals surface area contributed by atoms with Gasteiger partial charge in [0.25, 0.3) is 0 Å². The Hall–Kier alpha value is -0.810. The topological polar surface area (TPSA) is 62.4 Å². The molecule has 2 fully saturated rings. The van der Waals surface area contributed by atoms with E-state index in [1.807, 2.05) is 20.8 Å². The van der Waals surface area contributed by atoms with Crippen LogP contribution < -0.4 is 16.0 Å². The Labute approximate surface area is 122 Å². The Morgan fingerprint density at radius 3 is 2.65 bits per heavy atom. The molecule has 2 aliphatic rings. The molecule has 1 heterocycles. The summed E-state index contributed by atoms with van der Waals surface area (Å²) in [6, 6.07) is 0.734. The van der Waals surface area contributed by atoms with Crippen molar-refractivity contribution in [2.75, 3.05) is 19.6 Å². The van der Waals surface area contributed by atoms with Crippen molar-refractivity contribution in [2.24, 2.45) is 5.92 Å². The zero-order chi connectivity index (χ0) is 14.6. The largest absolute Gasteiger partial charge is 0.444 e. The molecule has 2 atom stereocenters. The Morgan fingerprint density at radius 1 is 1.35 bits per heavy atom. The molecule has 1 aliphatic carbocycles. The van der Waals surface area contributed by atoms with Crippen molar-refractivity contribution < 1.29 is 9.53 Å². The van der Waals surface area contributed by atoms with Crippen LogP contribution in [0.2, 0.25) is 0 Å². The molecule has 0 aromatic rings. The van der Waals surface area contributed by atoms with Gasteiger partial charge in [0.2, 0.25) is 0 Å². The summed E-state index contributed by atoms with van der Waals surface area (Å²) in [5.41, 5.74) is -0.432. The first-order valence-corrected chi connectivity index (χ1v) is 7.87. The van der Waals surface area contributed by atoms with Gasteiger partial charge in [-0.1, -0.05) is 0 Å². The first kappa shape index (κ1) is 15.6. The highest BCUT2D eigenvalue weighted by molar-refractivity contribution is 5.68. The second kappa shape index (κ2) is 6.76. The Morgan fingerprint density at radius 2 is 2.10 bits per heavy atom. The minimum Gasteiger partial charge on any atom is -0.444 e. The summed E-state index contributed by atoms with van der Waals surface area (Å²) in [4.78, 5) is 11.9. The lowest BCUT2D eigenvalue weighted by Gasteiger charge is -2.28. The van der Waals surface area contributed by atoms with Crippen LogP contribution in [0.5, 0.6) is 0 Å². The lowest BCUT2D eigenvalue weighted by molar-refractivity contribution is 0.0496. The fraction of sp³-hybridized carbons (Fsp3) is 0.933. The Bertz CT molecular complexity index is 318. The predicted molar refractivity (Wildman–Crippen MR) is 79.8 cm³/mol. The van der Waals surface area contributed by atoms with Gasteiger partial charge in [-0.05, 0) is 58.9 Å². The van der Waals surface area contributed by atoms with Crippen molar-refractivity contribution in [3.05, 3.63) is 0 Å². The fourth-order valence-corrected chi connectivity index (χ4v) is 2.61. The van der Waals surface area contributed by atoms with Gasteiger partial charge in [-0.15, -0.1) is 0 Å². The highest BCUT2D eigenvalue weighted by Crippen LogP contribution is 2.32. The van der Waals surface area contributed by atoms with E-state index in [4.69, 9.17) is 4.74 Å². The summed E-state index contributed by atoms with van der Waals surface area (Å²) in [5.74, 6) is 0.617. The number of alkyl carbamates (subject to hydrolysis) is 1. The Kier molecular flexibility index (Phi) is 5.27. The highest BCUT2D eigenvalue weighted by Gasteiger charge is 2.33. The van der Waals surface area contributed by atoms with Crippen molar-refractivity contribution in [1.82, 2.24) is 16.0 Å². The van der Waals surface area contributed by atoms with E-state index < -0.39 is 5.60 Å². The summed E-state index contributed by atoms with van der Waals surface area (Å²) in [5, 5.41) is 10.0. The molecule has 3 N–H and O–H groups in total. The monoisotopic (exact) mass is 283 g/mol. The number of piperidine rings is 1. The van der Waals surface area contributed by atoms with Gasteiger partial charge in [-0.3, -0.25) is 0 Å². The minimum atomic E-state index is -0.432. The molecule has 2 unspecified atom stereocenters. The normalized spacial score (nSPS) is 25.1. The van der Waals surface area contributed by atoms with Crippen molar-refractivity contribution in [1.29, 1.82) is 0 Å². The van der Waals surface area contributed by atoms with E-state index in [1.54, 1.807) is 0 Å². The molecular formula is C15H29N3O2. The quantitative estimate of drug-likeness (QED) is 0.718. The van der Waals surface area contributed by atoms with Gasteiger partial charge in [0.15, 0.2) is 0 Å². The maximum Gasteiger partial charge on any atom is 0.407 e. The zero-order valence-electron chi connectivity index (χ0n) is 13.0. The second-order valence-electron chi connectivity index (χ2n) is 7.04.